The van der Waals surface area contributed by atoms with Crippen molar-refractivity contribution >= 4 is 27.5 Å². The molecule has 174 valence electrons. The molecule has 1 aliphatic heterocycles. The maximum atomic E-state index is 12.6. The molecule has 1 aliphatic rings. The Morgan fingerprint density at radius 1 is 1.16 bits per heavy atom. The van der Waals surface area contributed by atoms with Gasteiger partial charge in [0.1, 0.15) is 18.1 Å². The van der Waals surface area contributed by atoms with Crippen LogP contribution in [-0.4, -0.2) is 64.2 Å². The number of nitrogens with one attached hydrogen (secondary N) is 1. The molecule has 0 saturated carbocycles. The number of nitrogens with zero attached hydrogens (tertiary/aromatic N) is 1. The molecule has 1 heterocycles. The molecular formula is C22H27ClN2O6S. The molecule has 32 heavy (non-hydrogen) atoms. The zero-order valence-corrected chi connectivity index (χ0v) is 19.4. The fraction of sp³-hybridized carbons (Fsp3) is 0.409. The van der Waals surface area contributed by atoms with Crippen LogP contribution < -0.4 is 14.8 Å². The first-order chi connectivity index (χ1) is 15.4. The number of carbonyl (C=O) groups is 1. The quantitative estimate of drug-likeness (QED) is 0.523. The number of carbonyl (C=O) groups excluding carboxylic acids is 1. The summed E-state index contributed by atoms with van der Waals surface area (Å²) >= 11 is 6.09. The average molecular weight is 483 g/mol. The molecule has 1 atom stereocenters. The van der Waals surface area contributed by atoms with Gasteiger partial charge in [0.2, 0.25) is 10.0 Å². The topological polar surface area (TPSA) is 94.2 Å². The van der Waals surface area contributed by atoms with Gasteiger partial charge in [-0.15, -0.1) is 0 Å². The van der Waals surface area contributed by atoms with E-state index in [0.29, 0.717) is 49.2 Å². The predicted octanol–water partition coefficient (Wildman–Crippen LogP) is 2.71. The molecule has 2 aromatic carbocycles. The third kappa shape index (κ3) is 6.35. The van der Waals surface area contributed by atoms with Crippen LogP contribution in [0.1, 0.15) is 13.3 Å². The summed E-state index contributed by atoms with van der Waals surface area (Å²) in [4.78, 5) is 12.6. The van der Waals surface area contributed by atoms with Gasteiger partial charge in [0.25, 0.3) is 5.91 Å². The van der Waals surface area contributed by atoms with Gasteiger partial charge >= 0.3 is 0 Å². The summed E-state index contributed by atoms with van der Waals surface area (Å²) in [5.41, 5.74) is 0. The van der Waals surface area contributed by atoms with E-state index in [2.05, 4.69) is 5.32 Å². The number of benzene rings is 2. The lowest BCUT2D eigenvalue weighted by Gasteiger charge is -2.26. The van der Waals surface area contributed by atoms with Crippen LogP contribution in [0, 0.1) is 0 Å². The number of sulfonamides is 1. The highest BCUT2D eigenvalue weighted by Crippen LogP contribution is 2.25. The minimum Gasteiger partial charge on any atom is -0.492 e. The van der Waals surface area contributed by atoms with Gasteiger partial charge in [-0.1, -0.05) is 30.7 Å². The van der Waals surface area contributed by atoms with Crippen molar-refractivity contribution in [2.75, 3.05) is 39.5 Å². The summed E-state index contributed by atoms with van der Waals surface area (Å²) in [6, 6.07) is 13.2. The van der Waals surface area contributed by atoms with Crippen molar-refractivity contribution in [1.29, 1.82) is 0 Å². The van der Waals surface area contributed by atoms with Gasteiger partial charge in [-0.25, -0.2) is 8.42 Å². The normalized spacial score (nSPS) is 15.7. The summed E-state index contributed by atoms with van der Waals surface area (Å²) in [5.74, 6) is 0.710. The number of amides is 1. The number of ether oxygens (including phenoxy) is 3. The molecule has 10 heteroatoms. The Morgan fingerprint density at radius 2 is 1.84 bits per heavy atom. The number of hydrogen-bond donors (Lipinski definition) is 1. The summed E-state index contributed by atoms with van der Waals surface area (Å²) in [5, 5.41) is 3.22. The minimum absolute atomic E-state index is 0.211. The Balaban J connectivity index is 1.45. The van der Waals surface area contributed by atoms with Crippen LogP contribution >= 0.6 is 11.6 Å². The predicted molar refractivity (Wildman–Crippen MR) is 121 cm³/mol. The summed E-state index contributed by atoms with van der Waals surface area (Å²) in [6.07, 6.45) is -0.184. The van der Waals surface area contributed by atoms with E-state index in [1.807, 2.05) is 6.92 Å². The van der Waals surface area contributed by atoms with E-state index in [1.54, 1.807) is 36.4 Å². The highest BCUT2D eigenvalue weighted by atomic mass is 35.5. The molecule has 1 amide bonds. The third-order valence-corrected chi connectivity index (χ3v) is 7.10. The zero-order chi connectivity index (χ0) is 23.0. The summed E-state index contributed by atoms with van der Waals surface area (Å²) in [6.45, 7) is 3.84. The van der Waals surface area contributed by atoms with Crippen LogP contribution in [0.3, 0.4) is 0 Å². The third-order valence-electron chi connectivity index (χ3n) is 4.87. The lowest BCUT2D eigenvalue weighted by molar-refractivity contribution is -0.128. The molecule has 0 spiro atoms. The first-order valence-corrected chi connectivity index (χ1v) is 12.2. The second kappa shape index (κ2) is 11.5. The highest BCUT2D eigenvalue weighted by Gasteiger charge is 2.26. The van der Waals surface area contributed by atoms with Gasteiger partial charge in [-0.2, -0.15) is 4.31 Å². The van der Waals surface area contributed by atoms with Crippen molar-refractivity contribution in [1.82, 2.24) is 9.62 Å². The van der Waals surface area contributed by atoms with Crippen LogP contribution in [-0.2, 0) is 19.6 Å². The fourth-order valence-corrected chi connectivity index (χ4v) is 4.70. The Labute approximate surface area is 193 Å². The van der Waals surface area contributed by atoms with Crippen LogP contribution in [0.5, 0.6) is 11.5 Å². The summed E-state index contributed by atoms with van der Waals surface area (Å²) in [7, 11) is -3.54. The zero-order valence-electron chi connectivity index (χ0n) is 17.8. The smallest absolute Gasteiger partial charge is 0.261 e. The van der Waals surface area contributed by atoms with Gasteiger partial charge in [0, 0.05) is 13.1 Å². The molecular weight excluding hydrogens is 456 g/mol. The molecule has 0 radical (unpaired) electrons. The maximum absolute atomic E-state index is 12.6. The fourth-order valence-electron chi connectivity index (χ4n) is 3.12. The molecule has 0 aliphatic carbocycles. The van der Waals surface area contributed by atoms with Crippen molar-refractivity contribution in [2.24, 2.45) is 0 Å². The number of para-hydroxylation sites is 1. The molecule has 0 aromatic heterocycles. The monoisotopic (exact) mass is 482 g/mol. The first-order valence-electron chi connectivity index (χ1n) is 10.4. The van der Waals surface area contributed by atoms with Crippen molar-refractivity contribution < 1.29 is 27.4 Å². The van der Waals surface area contributed by atoms with E-state index in [0.717, 1.165) is 0 Å². The second-order valence-corrected chi connectivity index (χ2v) is 9.42. The molecule has 0 bridgehead atoms. The van der Waals surface area contributed by atoms with Crippen LogP contribution in [0.15, 0.2) is 53.4 Å². The van der Waals surface area contributed by atoms with Gasteiger partial charge in [0.15, 0.2) is 6.10 Å². The molecule has 2 aromatic rings. The second-order valence-electron chi connectivity index (χ2n) is 7.07. The highest BCUT2D eigenvalue weighted by molar-refractivity contribution is 7.89. The molecule has 1 saturated heterocycles. The van der Waals surface area contributed by atoms with Gasteiger partial charge in [-0.3, -0.25) is 4.79 Å². The molecule has 8 nitrogen and oxygen atoms in total. The van der Waals surface area contributed by atoms with E-state index in [4.69, 9.17) is 25.8 Å². The SMILES string of the molecule is CC[C@H](Oc1ccccc1Cl)C(=O)NCCOc1ccc(S(=O)(=O)N2CCOCC2)cc1. The molecule has 3 rings (SSSR count). The average Bonchev–Trinajstić information content (AvgIpc) is 2.82. The van der Waals surface area contributed by atoms with Crippen LogP contribution in [0.2, 0.25) is 5.02 Å². The Morgan fingerprint density at radius 3 is 2.50 bits per heavy atom. The van der Waals surface area contributed by atoms with Crippen LogP contribution in [0.4, 0.5) is 0 Å². The Bertz CT molecular complexity index is 994. The number of halogens is 1. The van der Waals surface area contributed by atoms with Crippen molar-refractivity contribution in [3.63, 3.8) is 0 Å². The van der Waals surface area contributed by atoms with E-state index >= 15 is 0 Å². The first kappa shape index (κ1) is 24.3. The maximum Gasteiger partial charge on any atom is 0.261 e. The Hall–Kier alpha value is -2.33. The Kier molecular flexibility index (Phi) is 8.75. The standard InChI is InChI=1S/C22H27ClN2O6S/c1-2-20(31-21-6-4-3-5-19(21)23)22(26)24-11-14-30-17-7-9-18(10-8-17)32(27,28)25-12-15-29-16-13-25/h3-10,20H,2,11-16H2,1H3,(H,24,26)/t20-/m0/s1. The largest absolute Gasteiger partial charge is 0.492 e. The lowest BCUT2D eigenvalue weighted by atomic mass is 10.2. The van der Waals surface area contributed by atoms with Gasteiger partial charge in [0.05, 0.1) is 29.7 Å². The summed E-state index contributed by atoms with van der Waals surface area (Å²) < 4.78 is 43.2. The van der Waals surface area contributed by atoms with Crippen molar-refractivity contribution in [3.05, 3.63) is 53.6 Å². The minimum atomic E-state index is -3.54. The van der Waals surface area contributed by atoms with Crippen molar-refractivity contribution in [2.45, 2.75) is 24.3 Å². The number of hydrogen-bond acceptors (Lipinski definition) is 6. The molecule has 0 unspecified atom stereocenters. The van der Waals surface area contributed by atoms with Crippen molar-refractivity contribution in [3.8, 4) is 11.5 Å². The van der Waals surface area contributed by atoms with E-state index in [-0.39, 0.29) is 24.0 Å². The van der Waals surface area contributed by atoms with E-state index < -0.39 is 16.1 Å². The molecule has 1 fully saturated rings. The number of rotatable bonds is 10. The van der Waals surface area contributed by atoms with Gasteiger partial charge in [-0.05, 0) is 42.8 Å². The van der Waals surface area contributed by atoms with Crippen LogP contribution in [0.25, 0.3) is 0 Å². The van der Waals surface area contributed by atoms with Gasteiger partial charge < -0.3 is 19.5 Å². The molecule has 1 N–H and O–H groups in total. The van der Waals surface area contributed by atoms with E-state index in [9.17, 15) is 13.2 Å². The lowest BCUT2D eigenvalue weighted by Crippen LogP contribution is -2.40. The van der Waals surface area contributed by atoms with E-state index in [1.165, 1.54) is 16.4 Å². The number of morpholine rings is 1.